The molecule has 4 heterocycles. The van der Waals surface area contributed by atoms with E-state index >= 15 is 0 Å². The SMILES string of the molecule is O=C(Nc1ccc2cc(-c3cnc(NC(=O)[C@@H]4CCCN4C(=O)Cc4ccccc4)nc3)ccc2n1)[C@@H]1CCCN1C(=O)Cc1ccccc1. The molecule has 0 radical (unpaired) electrons. The van der Waals surface area contributed by atoms with E-state index in [0.29, 0.717) is 37.3 Å². The van der Waals surface area contributed by atoms with Crippen LogP contribution in [-0.4, -0.2) is 73.6 Å². The minimum absolute atomic E-state index is 0.0567. The molecule has 5 aromatic rings. The van der Waals surface area contributed by atoms with E-state index in [9.17, 15) is 19.2 Å². The van der Waals surface area contributed by atoms with Crippen LogP contribution in [0.15, 0.2) is 103 Å². The predicted molar refractivity (Wildman–Crippen MR) is 190 cm³/mol. The molecule has 2 aromatic heterocycles. The molecular weight excluding hydrogens is 630 g/mol. The number of hydrogen-bond donors (Lipinski definition) is 2. The Morgan fingerprint density at radius 1 is 0.640 bits per heavy atom. The van der Waals surface area contributed by atoms with E-state index in [1.165, 1.54) is 0 Å². The van der Waals surface area contributed by atoms with Gasteiger partial charge in [0.05, 0.1) is 18.4 Å². The highest BCUT2D eigenvalue weighted by Crippen LogP contribution is 2.26. The molecule has 0 saturated carbocycles. The van der Waals surface area contributed by atoms with Crippen molar-refractivity contribution in [2.24, 2.45) is 0 Å². The number of rotatable bonds is 9. The standard InChI is InChI=1S/C39H37N7O4/c47-35(21-26-9-3-1-4-10-26)45-19-7-13-32(45)37(49)43-34-18-16-29-23-28(15-17-31(29)42-34)30-24-40-39(41-25-30)44-38(50)33-14-8-20-46(33)36(48)22-27-11-5-2-6-12-27/h1-6,9-12,15-18,23-25,32-33H,7-8,13-14,19-22H2,(H,42,43,49)(H,40,41,44,50)/t32-,33-/m0/s1. The lowest BCUT2D eigenvalue weighted by Gasteiger charge is -2.24. The third-order valence-corrected chi connectivity index (χ3v) is 9.31. The van der Waals surface area contributed by atoms with Crippen molar-refractivity contribution in [3.8, 4) is 11.1 Å². The molecule has 2 N–H and O–H groups in total. The van der Waals surface area contributed by atoms with Crippen LogP contribution in [0, 0.1) is 0 Å². The lowest BCUT2D eigenvalue weighted by molar-refractivity contribution is -0.136. The van der Waals surface area contributed by atoms with E-state index in [4.69, 9.17) is 0 Å². The third-order valence-electron chi connectivity index (χ3n) is 9.31. The second kappa shape index (κ2) is 14.7. The number of amides is 4. The summed E-state index contributed by atoms with van der Waals surface area (Å²) in [5.41, 5.74) is 4.15. The number of fused-ring (bicyclic) bond motifs is 1. The average Bonchev–Trinajstić information content (AvgIpc) is 3.84. The highest BCUT2D eigenvalue weighted by Gasteiger charge is 2.35. The van der Waals surface area contributed by atoms with E-state index in [1.807, 2.05) is 84.9 Å². The zero-order valence-electron chi connectivity index (χ0n) is 27.5. The molecule has 252 valence electrons. The molecule has 11 heteroatoms. The summed E-state index contributed by atoms with van der Waals surface area (Å²) in [5, 5.41) is 6.55. The van der Waals surface area contributed by atoms with Crippen molar-refractivity contribution >= 4 is 46.3 Å². The van der Waals surface area contributed by atoms with Crippen molar-refractivity contribution in [3.63, 3.8) is 0 Å². The molecule has 2 aliphatic heterocycles. The molecule has 3 aromatic carbocycles. The van der Waals surface area contributed by atoms with Gasteiger partial charge in [-0.15, -0.1) is 0 Å². The Kier molecular flexibility index (Phi) is 9.54. The second-order valence-electron chi connectivity index (χ2n) is 12.7. The van der Waals surface area contributed by atoms with Crippen LogP contribution >= 0.6 is 0 Å². The minimum Gasteiger partial charge on any atom is -0.330 e. The first-order chi connectivity index (χ1) is 24.4. The van der Waals surface area contributed by atoms with Crippen LogP contribution < -0.4 is 10.6 Å². The fourth-order valence-electron chi connectivity index (χ4n) is 6.74. The molecule has 7 rings (SSSR count). The van der Waals surface area contributed by atoms with E-state index in [1.54, 1.807) is 28.3 Å². The highest BCUT2D eigenvalue weighted by atomic mass is 16.2. The van der Waals surface area contributed by atoms with E-state index < -0.39 is 12.1 Å². The van der Waals surface area contributed by atoms with E-state index in [0.717, 1.165) is 40.5 Å². The maximum absolute atomic E-state index is 13.2. The molecule has 0 bridgehead atoms. The molecule has 0 spiro atoms. The number of nitrogens with zero attached hydrogens (tertiary/aromatic N) is 5. The number of nitrogens with one attached hydrogen (secondary N) is 2. The number of carbonyl (C=O) groups is 4. The molecule has 2 saturated heterocycles. The Morgan fingerprint density at radius 2 is 1.20 bits per heavy atom. The van der Waals surface area contributed by atoms with Gasteiger partial charge in [-0.3, -0.25) is 24.5 Å². The molecule has 2 fully saturated rings. The number of likely N-dealkylation sites (tertiary alicyclic amines) is 2. The van der Waals surface area contributed by atoms with E-state index in [-0.39, 0.29) is 42.4 Å². The van der Waals surface area contributed by atoms with Gasteiger partial charge in [-0.1, -0.05) is 66.7 Å². The van der Waals surface area contributed by atoms with Gasteiger partial charge in [-0.05, 0) is 66.6 Å². The summed E-state index contributed by atoms with van der Waals surface area (Å²) in [5.74, 6) is -0.0716. The predicted octanol–water partition coefficient (Wildman–Crippen LogP) is 5.04. The van der Waals surface area contributed by atoms with Gasteiger partial charge >= 0.3 is 0 Å². The maximum atomic E-state index is 13.2. The Labute approximate surface area is 289 Å². The van der Waals surface area contributed by atoms with Crippen molar-refractivity contribution < 1.29 is 19.2 Å². The molecule has 0 aliphatic carbocycles. The first kappa shape index (κ1) is 32.6. The number of aromatic nitrogens is 3. The molecule has 50 heavy (non-hydrogen) atoms. The zero-order valence-corrected chi connectivity index (χ0v) is 27.5. The number of hydrogen-bond acceptors (Lipinski definition) is 7. The van der Waals surface area contributed by atoms with Crippen molar-refractivity contribution in [2.45, 2.75) is 50.6 Å². The highest BCUT2D eigenvalue weighted by molar-refractivity contribution is 5.98. The summed E-state index contributed by atoms with van der Waals surface area (Å²) in [7, 11) is 0. The van der Waals surface area contributed by atoms with E-state index in [2.05, 4.69) is 25.6 Å². The molecule has 4 amide bonds. The number of anilines is 2. The van der Waals surface area contributed by atoms with Gasteiger partial charge in [-0.2, -0.15) is 0 Å². The molecule has 11 nitrogen and oxygen atoms in total. The third kappa shape index (κ3) is 7.36. The van der Waals surface area contributed by atoms with Gasteiger partial charge in [0.25, 0.3) is 0 Å². The lowest BCUT2D eigenvalue weighted by atomic mass is 10.1. The van der Waals surface area contributed by atoms with Crippen molar-refractivity contribution in [2.75, 3.05) is 23.7 Å². The summed E-state index contributed by atoms with van der Waals surface area (Å²) in [6.45, 7) is 1.10. The monoisotopic (exact) mass is 667 g/mol. The fourth-order valence-corrected chi connectivity index (χ4v) is 6.74. The summed E-state index contributed by atoms with van der Waals surface area (Å²) in [6, 6.07) is 27.3. The van der Waals surface area contributed by atoms with Crippen LogP contribution in [0.3, 0.4) is 0 Å². The van der Waals surface area contributed by atoms with Crippen molar-refractivity contribution in [3.05, 3.63) is 115 Å². The first-order valence-electron chi connectivity index (χ1n) is 16.9. The molecule has 2 aliphatic rings. The summed E-state index contributed by atoms with van der Waals surface area (Å²) >= 11 is 0. The van der Waals surface area contributed by atoms with Crippen molar-refractivity contribution in [1.29, 1.82) is 0 Å². The van der Waals surface area contributed by atoms with Gasteiger partial charge in [0.1, 0.15) is 17.9 Å². The van der Waals surface area contributed by atoms with Crippen LogP contribution in [0.4, 0.5) is 11.8 Å². The van der Waals surface area contributed by atoms with Crippen LogP contribution in [0.5, 0.6) is 0 Å². The van der Waals surface area contributed by atoms with Gasteiger partial charge in [-0.25, -0.2) is 15.0 Å². The Bertz CT molecular complexity index is 2020. The minimum atomic E-state index is -0.559. The maximum Gasteiger partial charge on any atom is 0.249 e. The van der Waals surface area contributed by atoms with Gasteiger partial charge in [0, 0.05) is 36.4 Å². The summed E-state index contributed by atoms with van der Waals surface area (Å²) < 4.78 is 0. The van der Waals surface area contributed by atoms with Crippen LogP contribution in [0.25, 0.3) is 22.0 Å². The topological polar surface area (TPSA) is 137 Å². The second-order valence-corrected chi connectivity index (χ2v) is 12.7. The quantitative estimate of drug-likeness (QED) is 0.225. The smallest absolute Gasteiger partial charge is 0.249 e. The normalized spacial score (nSPS) is 17.1. The summed E-state index contributed by atoms with van der Waals surface area (Å²) in [4.78, 5) is 69.0. The molecular formula is C39H37N7O4. The Morgan fingerprint density at radius 3 is 1.78 bits per heavy atom. The van der Waals surface area contributed by atoms with Crippen LogP contribution in [0.2, 0.25) is 0 Å². The average molecular weight is 668 g/mol. The van der Waals surface area contributed by atoms with Crippen LogP contribution in [0.1, 0.15) is 36.8 Å². The van der Waals surface area contributed by atoms with Gasteiger partial charge in [0.2, 0.25) is 29.6 Å². The number of carbonyl (C=O) groups excluding carboxylic acids is 4. The van der Waals surface area contributed by atoms with Gasteiger partial charge < -0.3 is 15.1 Å². The van der Waals surface area contributed by atoms with Crippen LogP contribution in [-0.2, 0) is 32.0 Å². The Hall–Kier alpha value is -5.97. The fraction of sp³-hybridized carbons (Fsp3) is 0.256. The first-order valence-corrected chi connectivity index (χ1v) is 16.9. The molecule has 2 atom stereocenters. The molecule has 0 unspecified atom stereocenters. The van der Waals surface area contributed by atoms with Gasteiger partial charge in [0.15, 0.2) is 0 Å². The lowest BCUT2D eigenvalue weighted by Crippen LogP contribution is -2.44. The largest absolute Gasteiger partial charge is 0.330 e. The zero-order chi connectivity index (χ0) is 34.5. The number of benzene rings is 3. The number of pyridine rings is 1. The Balaban J connectivity index is 0.961. The summed E-state index contributed by atoms with van der Waals surface area (Å²) in [6.07, 6.45) is 6.55. The van der Waals surface area contributed by atoms with Crippen molar-refractivity contribution in [1.82, 2.24) is 24.8 Å².